The van der Waals surface area contributed by atoms with Crippen molar-refractivity contribution in [2.75, 3.05) is 19.8 Å². The number of nitrogens with zero attached hydrogens (tertiary/aromatic N) is 1. The van der Waals surface area contributed by atoms with Crippen LogP contribution in [0, 0.1) is 0 Å². The van der Waals surface area contributed by atoms with Crippen LogP contribution in [-0.2, 0) is 4.29 Å². The Hall–Kier alpha value is 0.210. The van der Waals surface area contributed by atoms with E-state index in [9.17, 15) is 0 Å². The van der Waals surface area contributed by atoms with Gasteiger partial charge in [0, 0.05) is 0 Å². The van der Waals surface area contributed by atoms with Crippen LogP contribution in [0.25, 0.3) is 0 Å². The minimum absolute atomic E-state index is 0.522. The van der Waals surface area contributed by atoms with E-state index < -0.39 is 0 Å². The first kappa shape index (κ1) is 8.21. The molecule has 0 heterocycles. The van der Waals surface area contributed by atoms with Gasteiger partial charge in [0.05, 0.1) is 11.9 Å². The summed E-state index contributed by atoms with van der Waals surface area (Å²) in [6, 6.07) is 0. The van der Waals surface area contributed by atoms with Crippen LogP contribution in [0.4, 0.5) is 0 Å². The average molecular weight is 138 g/mol. The van der Waals surface area contributed by atoms with Gasteiger partial charge in [-0.15, -0.1) is 0 Å². The van der Waals surface area contributed by atoms with Crippen LogP contribution >= 0.6 is 11.9 Å². The molecule has 0 aromatic heterocycles. The van der Waals surface area contributed by atoms with Crippen molar-refractivity contribution in [3.63, 3.8) is 0 Å². The summed E-state index contributed by atoms with van der Waals surface area (Å²) in [6.45, 7) is 6.64. The Bertz CT molecular complexity index is 47.7. The Labute approximate surface area is 55.5 Å². The summed E-state index contributed by atoms with van der Waals surface area (Å²) in [5.41, 5.74) is 0. The predicted octanol–water partition coefficient (Wildman–Crippen LogP) is 1.46. The van der Waals surface area contributed by atoms with Gasteiger partial charge < -0.3 is 0 Å². The van der Waals surface area contributed by atoms with Gasteiger partial charge in [0.2, 0.25) is 0 Å². The second-order valence-electron chi connectivity index (χ2n) is 1.54. The molecule has 0 fully saturated rings. The molecule has 0 aliphatic carbocycles. The number of hydrogen-bond acceptors (Lipinski definition) is 2. The van der Waals surface area contributed by atoms with Crippen LogP contribution in [0.2, 0.25) is 0 Å². The zero-order valence-electron chi connectivity index (χ0n) is 5.35. The molecule has 0 saturated carbocycles. The Kier molecular flexibility index (Phi) is 5.49. The molecule has 0 spiro atoms. The summed E-state index contributed by atoms with van der Waals surface area (Å²) in [7, 11) is 0. The van der Waals surface area contributed by atoms with E-state index in [0.29, 0.717) is 6.73 Å². The standard InChI is InChI=1S/C5H12ClNO/c1-3-7(4-2)5-8-6/h3-5H2,1-2H3. The third-order valence-corrected chi connectivity index (χ3v) is 1.22. The van der Waals surface area contributed by atoms with Gasteiger partial charge in [-0.3, -0.25) is 9.19 Å². The Morgan fingerprint density at radius 3 is 2.00 bits per heavy atom. The monoisotopic (exact) mass is 137 g/mol. The second kappa shape index (κ2) is 5.35. The van der Waals surface area contributed by atoms with Crippen molar-refractivity contribution in [3.05, 3.63) is 0 Å². The molecular formula is C5H12ClNO. The maximum Gasteiger partial charge on any atom is 0.121 e. The van der Waals surface area contributed by atoms with E-state index in [1.165, 1.54) is 0 Å². The largest absolute Gasteiger partial charge is 0.280 e. The third-order valence-electron chi connectivity index (χ3n) is 1.13. The smallest absolute Gasteiger partial charge is 0.121 e. The minimum Gasteiger partial charge on any atom is -0.280 e. The highest BCUT2D eigenvalue weighted by molar-refractivity contribution is 6.07. The maximum atomic E-state index is 5.01. The van der Waals surface area contributed by atoms with Gasteiger partial charge in [0.25, 0.3) is 0 Å². The average Bonchev–Trinajstić information content (AvgIpc) is 1.83. The van der Waals surface area contributed by atoms with Crippen molar-refractivity contribution in [1.29, 1.82) is 0 Å². The molecule has 0 bridgehead atoms. The molecule has 0 amide bonds. The summed E-state index contributed by atoms with van der Waals surface area (Å²) in [4.78, 5) is 2.08. The summed E-state index contributed by atoms with van der Waals surface area (Å²) in [6.07, 6.45) is 0. The van der Waals surface area contributed by atoms with Gasteiger partial charge in [-0.25, -0.2) is 0 Å². The molecule has 0 saturated heterocycles. The first-order valence-corrected chi connectivity index (χ1v) is 3.11. The van der Waals surface area contributed by atoms with E-state index in [2.05, 4.69) is 23.0 Å². The topological polar surface area (TPSA) is 12.5 Å². The first-order chi connectivity index (χ1) is 3.85. The normalized spacial score (nSPS) is 10.5. The van der Waals surface area contributed by atoms with Crippen LogP contribution in [-0.4, -0.2) is 24.7 Å². The molecule has 0 radical (unpaired) electrons. The van der Waals surface area contributed by atoms with E-state index in [-0.39, 0.29) is 0 Å². The lowest BCUT2D eigenvalue weighted by Crippen LogP contribution is -2.23. The Morgan fingerprint density at radius 1 is 1.38 bits per heavy atom. The van der Waals surface area contributed by atoms with Crippen LogP contribution in [0.15, 0.2) is 0 Å². The summed E-state index contributed by atoms with van der Waals surface area (Å²) in [5.74, 6) is 0. The molecule has 0 N–H and O–H groups in total. The number of hydrogen-bond donors (Lipinski definition) is 0. The molecule has 0 rings (SSSR count). The highest BCUT2D eigenvalue weighted by Gasteiger charge is 1.94. The van der Waals surface area contributed by atoms with Gasteiger partial charge >= 0.3 is 0 Å². The van der Waals surface area contributed by atoms with E-state index in [0.717, 1.165) is 13.1 Å². The van der Waals surface area contributed by atoms with Gasteiger partial charge in [0.1, 0.15) is 6.73 Å². The van der Waals surface area contributed by atoms with Crippen LogP contribution in [0.1, 0.15) is 13.8 Å². The molecule has 50 valence electrons. The molecule has 0 aliphatic heterocycles. The Balaban J connectivity index is 3.07. The van der Waals surface area contributed by atoms with E-state index in [4.69, 9.17) is 11.9 Å². The highest BCUT2D eigenvalue weighted by atomic mass is 35.5. The molecule has 3 heteroatoms. The quantitative estimate of drug-likeness (QED) is 0.544. The third kappa shape index (κ3) is 3.24. The maximum absolute atomic E-state index is 5.01. The molecule has 0 unspecified atom stereocenters. The van der Waals surface area contributed by atoms with Crippen molar-refractivity contribution >= 4 is 11.9 Å². The molecule has 0 aromatic carbocycles. The zero-order valence-corrected chi connectivity index (χ0v) is 6.11. The predicted molar refractivity (Wildman–Crippen MR) is 34.7 cm³/mol. The SMILES string of the molecule is CCN(CC)COCl. The summed E-state index contributed by atoms with van der Waals surface area (Å²) >= 11 is 5.01. The van der Waals surface area contributed by atoms with Crippen molar-refractivity contribution in [2.45, 2.75) is 13.8 Å². The summed E-state index contributed by atoms with van der Waals surface area (Å²) < 4.78 is 4.38. The van der Waals surface area contributed by atoms with E-state index >= 15 is 0 Å². The molecule has 2 nitrogen and oxygen atoms in total. The molecular weight excluding hydrogens is 126 g/mol. The van der Waals surface area contributed by atoms with Crippen LogP contribution in [0.5, 0.6) is 0 Å². The number of halogens is 1. The fraction of sp³-hybridized carbons (Fsp3) is 1.00. The van der Waals surface area contributed by atoms with Crippen LogP contribution in [0.3, 0.4) is 0 Å². The van der Waals surface area contributed by atoms with Crippen molar-refractivity contribution < 1.29 is 4.29 Å². The lowest BCUT2D eigenvalue weighted by Gasteiger charge is -2.13. The molecule has 0 atom stereocenters. The van der Waals surface area contributed by atoms with Crippen molar-refractivity contribution in [3.8, 4) is 0 Å². The first-order valence-electron chi connectivity index (χ1n) is 2.81. The van der Waals surface area contributed by atoms with Gasteiger partial charge in [-0.05, 0) is 13.1 Å². The molecule has 8 heavy (non-hydrogen) atoms. The minimum atomic E-state index is 0.522. The van der Waals surface area contributed by atoms with E-state index in [1.54, 1.807) is 0 Å². The van der Waals surface area contributed by atoms with Crippen molar-refractivity contribution in [1.82, 2.24) is 4.90 Å². The van der Waals surface area contributed by atoms with Crippen LogP contribution < -0.4 is 0 Å². The second-order valence-corrected chi connectivity index (χ2v) is 1.76. The summed E-state index contributed by atoms with van der Waals surface area (Å²) in [5, 5.41) is 0. The van der Waals surface area contributed by atoms with Crippen molar-refractivity contribution in [2.24, 2.45) is 0 Å². The van der Waals surface area contributed by atoms with E-state index in [1.807, 2.05) is 0 Å². The highest BCUT2D eigenvalue weighted by Crippen LogP contribution is 1.88. The van der Waals surface area contributed by atoms with Gasteiger partial charge in [-0.1, -0.05) is 13.8 Å². The number of rotatable bonds is 4. The molecule has 0 aromatic rings. The lowest BCUT2D eigenvalue weighted by molar-refractivity contribution is 0.149. The Morgan fingerprint density at radius 2 is 1.88 bits per heavy atom. The fourth-order valence-corrected chi connectivity index (χ4v) is 0.613. The fourth-order valence-electron chi connectivity index (χ4n) is 0.475. The zero-order chi connectivity index (χ0) is 6.41. The van der Waals surface area contributed by atoms with Gasteiger partial charge in [-0.2, -0.15) is 0 Å². The molecule has 0 aliphatic rings. The lowest BCUT2D eigenvalue weighted by atomic mass is 10.6. The van der Waals surface area contributed by atoms with Gasteiger partial charge in [0.15, 0.2) is 0 Å².